The molecule has 1 heterocycles. The smallest absolute Gasteiger partial charge is 0.238 e. The van der Waals surface area contributed by atoms with Gasteiger partial charge in [0.1, 0.15) is 5.82 Å². The highest BCUT2D eigenvalue weighted by atomic mass is 32.2. The lowest BCUT2D eigenvalue weighted by Crippen LogP contribution is -2.17. The zero-order chi connectivity index (χ0) is 23.4. The number of carbonyl (C=O) groups is 1. The van der Waals surface area contributed by atoms with Crippen LogP contribution in [0.25, 0.3) is 11.4 Å². The largest absolute Gasteiger partial charge is 0.325 e. The molecule has 1 amide bonds. The van der Waals surface area contributed by atoms with Gasteiger partial charge in [-0.3, -0.25) is 9.36 Å². The molecule has 11 heteroatoms. The third-order valence-electron chi connectivity index (χ3n) is 5.52. The van der Waals surface area contributed by atoms with Gasteiger partial charge < -0.3 is 5.32 Å². The van der Waals surface area contributed by atoms with Crippen LogP contribution in [0.3, 0.4) is 0 Å². The molecule has 0 unspecified atom stereocenters. The SMILES string of the molecule is NS(=O)(=O)c1ccc(NC(=O)CSc2nnc(-c3ccccc3F)n2C2CCCCC2)cc1. The minimum atomic E-state index is -3.80. The zero-order valence-corrected chi connectivity index (χ0v) is 19.4. The first-order valence-corrected chi connectivity index (χ1v) is 13.1. The maximum Gasteiger partial charge on any atom is 0.238 e. The number of hydrogen-bond donors (Lipinski definition) is 2. The average molecular weight is 490 g/mol. The molecule has 3 aromatic rings. The van der Waals surface area contributed by atoms with Crippen molar-refractivity contribution in [1.29, 1.82) is 0 Å². The Labute approximate surface area is 195 Å². The molecule has 0 bridgehead atoms. The van der Waals surface area contributed by atoms with Gasteiger partial charge in [0.05, 0.1) is 16.2 Å². The number of nitrogens with one attached hydrogen (secondary N) is 1. The maximum atomic E-state index is 14.5. The summed E-state index contributed by atoms with van der Waals surface area (Å²) >= 11 is 1.24. The predicted octanol–water partition coefficient (Wildman–Crippen LogP) is 3.97. The van der Waals surface area contributed by atoms with Crippen molar-refractivity contribution in [2.24, 2.45) is 5.14 Å². The number of amides is 1. The Balaban J connectivity index is 1.50. The molecule has 1 aliphatic rings. The number of nitrogens with zero attached hydrogens (tertiary/aromatic N) is 3. The van der Waals surface area contributed by atoms with Crippen LogP contribution >= 0.6 is 11.8 Å². The summed E-state index contributed by atoms with van der Waals surface area (Å²) in [6.07, 6.45) is 5.24. The van der Waals surface area contributed by atoms with Crippen LogP contribution in [-0.2, 0) is 14.8 Å². The Morgan fingerprint density at radius 1 is 1.09 bits per heavy atom. The van der Waals surface area contributed by atoms with E-state index in [2.05, 4.69) is 15.5 Å². The molecule has 8 nitrogen and oxygen atoms in total. The van der Waals surface area contributed by atoms with Gasteiger partial charge in [-0.2, -0.15) is 0 Å². The van der Waals surface area contributed by atoms with Crippen LogP contribution in [0, 0.1) is 5.82 Å². The summed E-state index contributed by atoms with van der Waals surface area (Å²) in [6.45, 7) is 0. The highest BCUT2D eigenvalue weighted by Gasteiger charge is 2.25. The summed E-state index contributed by atoms with van der Waals surface area (Å²) in [5, 5.41) is 16.9. The molecule has 0 spiro atoms. The number of carbonyl (C=O) groups excluding carboxylic acids is 1. The van der Waals surface area contributed by atoms with Crippen molar-refractivity contribution in [2.45, 2.75) is 48.2 Å². The molecule has 33 heavy (non-hydrogen) atoms. The van der Waals surface area contributed by atoms with E-state index in [1.54, 1.807) is 18.2 Å². The van der Waals surface area contributed by atoms with E-state index in [1.165, 1.54) is 48.5 Å². The van der Waals surface area contributed by atoms with Gasteiger partial charge in [-0.1, -0.05) is 43.2 Å². The molecule has 3 N–H and O–H groups in total. The molecule has 4 rings (SSSR count). The molecule has 0 radical (unpaired) electrons. The van der Waals surface area contributed by atoms with Gasteiger partial charge in [0.25, 0.3) is 0 Å². The predicted molar refractivity (Wildman–Crippen MR) is 125 cm³/mol. The van der Waals surface area contributed by atoms with Crippen molar-refractivity contribution in [3.8, 4) is 11.4 Å². The summed E-state index contributed by atoms with van der Waals surface area (Å²) in [7, 11) is -3.80. The van der Waals surface area contributed by atoms with Gasteiger partial charge in [0, 0.05) is 11.7 Å². The molecule has 1 aromatic heterocycles. The van der Waals surface area contributed by atoms with E-state index >= 15 is 0 Å². The zero-order valence-electron chi connectivity index (χ0n) is 17.8. The molecule has 1 fully saturated rings. The highest BCUT2D eigenvalue weighted by molar-refractivity contribution is 7.99. The van der Waals surface area contributed by atoms with Gasteiger partial charge >= 0.3 is 0 Å². The van der Waals surface area contributed by atoms with E-state index in [-0.39, 0.29) is 28.4 Å². The fourth-order valence-corrected chi connectivity index (χ4v) is 5.25. The number of halogens is 1. The molecule has 1 aliphatic carbocycles. The lowest BCUT2D eigenvalue weighted by molar-refractivity contribution is -0.113. The van der Waals surface area contributed by atoms with E-state index < -0.39 is 10.0 Å². The average Bonchev–Trinajstić information content (AvgIpc) is 3.22. The van der Waals surface area contributed by atoms with Crippen molar-refractivity contribution < 1.29 is 17.6 Å². The summed E-state index contributed by atoms with van der Waals surface area (Å²) in [6, 6.07) is 12.2. The Kier molecular flexibility index (Phi) is 7.11. The quantitative estimate of drug-likeness (QED) is 0.485. The highest BCUT2D eigenvalue weighted by Crippen LogP contribution is 2.36. The molecule has 2 aromatic carbocycles. The topological polar surface area (TPSA) is 120 Å². The van der Waals surface area contributed by atoms with Crippen molar-refractivity contribution in [3.05, 3.63) is 54.3 Å². The van der Waals surface area contributed by atoms with Crippen molar-refractivity contribution in [3.63, 3.8) is 0 Å². The van der Waals surface area contributed by atoms with Crippen molar-refractivity contribution in [2.75, 3.05) is 11.1 Å². The first-order chi connectivity index (χ1) is 15.8. The van der Waals surface area contributed by atoms with E-state index in [0.29, 0.717) is 22.2 Å². The van der Waals surface area contributed by atoms with Crippen LogP contribution in [0.15, 0.2) is 58.6 Å². The standard InChI is InChI=1S/C22H24FN5O3S2/c23-19-9-5-4-8-18(19)21-26-27-22(28(21)16-6-2-1-3-7-16)32-14-20(29)25-15-10-12-17(13-11-15)33(24,30)31/h4-5,8-13,16H,1-3,6-7,14H2,(H,25,29)(H2,24,30,31). The van der Waals surface area contributed by atoms with Crippen LogP contribution in [0.1, 0.15) is 38.1 Å². The normalized spacial score (nSPS) is 14.8. The number of hydrogen-bond acceptors (Lipinski definition) is 6. The number of aromatic nitrogens is 3. The molecule has 0 saturated heterocycles. The van der Waals surface area contributed by atoms with E-state index in [0.717, 1.165) is 25.7 Å². The first kappa shape index (κ1) is 23.4. The molecule has 0 aliphatic heterocycles. The number of benzene rings is 2. The second-order valence-electron chi connectivity index (χ2n) is 7.85. The summed E-state index contributed by atoms with van der Waals surface area (Å²) in [4.78, 5) is 12.5. The minimum Gasteiger partial charge on any atom is -0.325 e. The lowest BCUT2D eigenvalue weighted by atomic mass is 9.95. The van der Waals surface area contributed by atoms with Gasteiger partial charge in [-0.05, 0) is 49.2 Å². The molecular formula is C22H24FN5O3S2. The summed E-state index contributed by atoms with van der Waals surface area (Å²) in [5.74, 6) is -0.103. The van der Waals surface area contributed by atoms with Crippen molar-refractivity contribution in [1.82, 2.24) is 14.8 Å². The maximum absolute atomic E-state index is 14.5. The van der Waals surface area contributed by atoms with Crippen LogP contribution in [-0.4, -0.2) is 34.8 Å². The fraction of sp³-hybridized carbons (Fsp3) is 0.318. The van der Waals surface area contributed by atoms with Crippen LogP contribution in [0.2, 0.25) is 0 Å². The number of anilines is 1. The van der Waals surface area contributed by atoms with Crippen LogP contribution in [0.5, 0.6) is 0 Å². The van der Waals surface area contributed by atoms with E-state index in [9.17, 15) is 17.6 Å². The third kappa shape index (κ3) is 5.60. The number of sulfonamides is 1. The van der Waals surface area contributed by atoms with Crippen molar-refractivity contribution >= 4 is 33.4 Å². The van der Waals surface area contributed by atoms with Gasteiger partial charge in [-0.25, -0.2) is 17.9 Å². The molecule has 1 saturated carbocycles. The minimum absolute atomic E-state index is 0.0314. The Bertz CT molecular complexity index is 1240. The lowest BCUT2D eigenvalue weighted by Gasteiger charge is -2.25. The number of rotatable bonds is 7. The number of primary sulfonamides is 1. The van der Waals surface area contributed by atoms with Crippen LogP contribution in [0.4, 0.5) is 10.1 Å². The third-order valence-corrected chi connectivity index (χ3v) is 7.39. The van der Waals surface area contributed by atoms with Gasteiger partial charge in [-0.15, -0.1) is 10.2 Å². The summed E-state index contributed by atoms with van der Waals surface area (Å²) in [5.41, 5.74) is 0.843. The van der Waals surface area contributed by atoms with Crippen LogP contribution < -0.4 is 10.5 Å². The monoisotopic (exact) mass is 489 g/mol. The Morgan fingerprint density at radius 2 is 1.79 bits per heavy atom. The summed E-state index contributed by atoms with van der Waals surface area (Å²) < 4.78 is 39.2. The van der Waals surface area contributed by atoms with Gasteiger partial charge in [0.2, 0.25) is 15.9 Å². The van der Waals surface area contributed by atoms with E-state index in [4.69, 9.17) is 5.14 Å². The van der Waals surface area contributed by atoms with E-state index in [1.807, 2.05) is 4.57 Å². The fourth-order valence-electron chi connectivity index (χ4n) is 3.93. The van der Waals surface area contributed by atoms with Gasteiger partial charge in [0.15, 0.2) is 11.0 Å². The first-order valence-electron chi connectivity index (χ1n) is 10.6. The molecule has 174 valence electrons. The number of nitrogens with two attached hydrogens (primary N) is 1. The number of thioether (sulfide) groups is 1. The Hall–Kier alpha value is -2.76. The second-order valence-corrected chi connectivity index (χ2v) is 10.4. The Morgan fingerprint density at radius 3 is 2.45 bits per heavy atom. The molecule has 0 atom stereocenters. The second kappa shape index (κ2) is 10.0. The molecular weight excluding hydrogens is 465 g/mol.